The van der Waals surface area contributed by atoms with E-state index < -0.39 is 0 Å². The fraction of sp³-hybridized carbons (Fsp3) is 0.524. The molecule has 1 atom stereocenters. The summed E-state index contributed by atoms with van der Waals surface area (Å²) in [6.07, 6.45) is 3.94. The molecule has 4 heterocycles. The van der Waals surface area contributed by atoms with Gasteiger partial charge in [0.05, 0.1) is 24.2 Å². The summed E-state index contributed by atoms with van der Waals surface area (Å²) in [5.74, 6) is 1.83. The molecule has 0 fully saturated rings. The van der Waals surface area contributed by atoms with Gasteiger partial charge in [-0.3, -0.25) is 14.2 Å². The van der Waals surface area contributed by atoms with Crippen molar-refractivity contribution in [3.8, 4) is 0 Å². The Morgan fingerprint density at radius 1 is 1.33 bits per heavy atom. The number of carbonyl (C=O) groups excluding carboxylic acids is 1. The summed E-state index contributed by atoms with van der Waals surface area (Å²) >= 11 is 2.99. The molecule has 0 saturated heterocycles. The molecule has 1 aliphatic heterocycles. The molecule has 176 valence electrons. The number of carbonyl (C=O) groups is 1. The van der Waals surface area contributed by atoms with Crippen molar-refractivity contribution in [3.05, 3.63) is 28.3 Å². The number of nitrogens with one attached hydrogen (secondary N) is 2. The summed E-state index contributed by atoms with van der Waals surface area (Å²) in [6, 6.07) is 1.33. The number of nitrogens with zero attached hydrogens (tertiary/aromatic N) is 6. The first-order chi connectivity index (χ1) is 15.9. The summed E-state index contributed by atoms with van der Waals surface area (Å²) in [7, 11) is 0. The van der Waals surface area contributed by atoms with E-state index in [9.17, 15) is 9.59 Å². The molecule has 3 aromatic rings. The molecule has 0 saturated carbocycles. The van der Waals surface area contributed by atoms with Crippen LogP contribution in [0.3, 0.4) is 0 Å². The molecular formula is C21H28N8O2S2. The Bertz CT molecular complexity index is 1220. The number of aryl methyl sites for hydroxylation is 1. The predicted octanol–water partition coefficient (Wildman–Crippen LogP) is 2.33. The van der Waals surface area contributed by atoms with E-state index >= 15 is 0 Å². The van der Waals surface area contributed by atoms with Crippen LogP contribution >= 0.6 is 23.5 Å². The molecule has 0 spiro atoms. The second-order valence-corrected chi connectivity index (χ2v) is 10.1. The van der Waals surface area contributed by atoms with Crippen molar-refractivity contribution in [2.45, 2.75) is 50.1 Å². The summed E-state index contributed by atoms with van der Waals surface area (Å²) in [4.78, 5) is 38.5. The van der Waals surface area contributed by atoms with Gasteiger partial charge in [0, 0.05) is 37.0 Å². The van der Waals surface area contributed by atoms with Gasteiger partial charge >= 0.3 is 0 Å². The van der Waals surface area contributed by atoms with Crippen LogP contribution in [0.15, 0.2) is 27.4 Å². The Morgan fingerprint density at radius 2 is 2.15 bits per heavy atom. The van der Waals surface area contributed by atoms with Crippen LogP contribution in [-0.2, 0) is 11.3 Å². The van der Waals surface area contributed by atoms with Gasteiger partial charge < -0.3 is 10.6 Å². The zero-order valence-electron chi connectivity index (χ0n) is 19.2. The van der Waals surface area contributed by atoms with Gasteiger partial charge in [-0.25, -0.2) is 19.6 Å². The minimum atomic E-state index is -0.178. The number of hydrogen-bond donors (Lipinski definition) is 2. The van der Waals surface area contributed by atoms with Crippen LogP contribution in [0.5, 0.6) is 0 Å². The molecule has 3 aromatic heterocycles. The van der Waals surface area contributed by atoms with Crippen molar-refractivity contribution in [2.24, 2.45) is 5.92 Å². The average molecular weight is 489 g/mol. The van der Waals surface area contributed by atoms with Gasteiger partial charge in [-0.2, -0.15) is 5.10 Å². The summed E-state index contributed by atoms with van der Waals surface area (Å²) in [5.41, 5.74) is 1.34. The second-order valence-electron chi connectivity index (χ2n) is 8.35. The van der Waals surface area contributed by atoms with Gasteiger partial charge in [0.2, 0.25) is 5.91 Å². The first kappa shape index (κ1) is 23.6. The van der Waals surface area contributed by atoms with E-state index in [0.717, 1.165) is 23.4 Å². The Hall–Kier alpha value is -2.60. The van der Waals surface area contributed by atoms with E-state index in [2.05, 4.69) is 44.5 Å². The monoisotopic (exact) mass is 488 g/mol. The molecule has 2 N–H and O–H groups in total. The highest BCUT2D eigenvalue weighted by Gasteiger charge is 2.27. The van der Waals surface area contributed by atoms with Crippen molar-refractivity contribution in [1.29, 1.82) is 0 Å². The topological polar surface area (TPSA) is 120 Å². The van der Waals surface area contributed by atoms with Crippen LogP contribution in [0.4, 0.5) is 5.82 Å². The maximum absolute atomic E-state index is 12.6. The lowest BCUT2D eigenvalue weighted by Crippen LogP contribution is -2.32. The first-order valence-corrected chi connectivity index (χ1v) is 13.1. The smallest absolute Gasteiger partial charge is 0.254 e. The highest BCUT2D eigenvalue weighted by atomic mass is 32.2. The van der Waals surface area contributed by atoms with Crippen LogP contribution < -0.4 is 16.2 Å². The third-order valence-electron chi connectivity index (χ3n) is 5.22. The third-order valence-corrected chi connectivity index (χ3v) is 6.87. The lowest BCUT2D eigenvalue weighted by molar-refractivity contribution is -0.121. The lowest BCUT2D eigenvalue weighted by Gasteiger charge is -2.13. The molecule has 33 heavy (non-hydrogen) atoms. The Balaban J connectivity index is 1.39. The van der Waals surface area contributed by atoms with E-state index in [1.54, 1.807) is 22.4 Å². The number of fused-ring (bicyclic) bond motifs is 2. The molecule has 4 rings (SSSR count). The summed E-state index contributed by atoms with van der Waals surface area (Å²) in [5, 5.41) is 13.0. The van der Waals surface area contributed by atoms with Crippen molar-refractivity contribution in [3.63, 3.8) is 0 Å². The number of thioether (sulfide) groups is 2. The molecule has 1 amide bonds. The molecule has 1 unspecified atom stereocenters. The van der Waals surface area contributed by atoms with Crippen molar-refractivity contribution >= 4 is 46.3 Å². The standard InChI is InChI=1S/C21H28N8O2S2/c1-12(2)9-23-18-15-10-24-28(19(15)27-20(26-18)32-4)6-5-22-16(30)8-14-11-33-21-25-13(3)7-17(31)29(14)21/h7,10,12,14H,5-6,8-9,11H2,1-4H3,(H,22,30)(H,23,26,27). The zero-order valence-corrected chi connectivity index (χ0v) is 20.8. The second kappa shape index (κ2) is 10.1. The number of rotatable bonds is 9. The highest BCUT2D eigenvalue weighted by molar-refractivity contribution is 7.99. The third kappa shape index (κ3) is 5.32. The van der Waals surface area contributed by atoms with E-state index in [1.807, 2.05) is 6.26 Å². The molecule has 10 nitrogen and oxygen atoms in total. The summed E-state index contributed by atoms with van der Waals surface area (Å²) in [6.45, 7) is 7.80. The predicted molar refractivity (Wildman–Crippen MR) is 131 cm³/mol. The average Bonchev–Trinajstić information content (AvgIpc) is 3.36. The van der Waals surface area contributed by atoms with Crippen LogP contribution in [0, 0.1) is 12.8 Å². The maximum Gasteiger partial charge on any atom is 0.254 e. The molecule has 0 aromatic carbocycles. The maximum atomic E-state index is 12.6. The first-order valence-electron chi connectivity index (χ1n) is 10.9. The van der Waals surface area contributed by atoms with Gasteiger partial charge in [-0.15, -0.1) is 0 Å². The minimum Gasteiger partial charge on any atom is -0.369 e. The van der Waals surface area contributed by atoms with Crippen molar-refractivity contribution < 1.29 is 4.79 Å². The Kier molecular flexibility index (Phi) is 7.23. The van der Waals surface area contributed by atoms with Crippen molar-refractivity contribution in [1.82, 2.24) is 34.6 Å². The molecular weight excluding hydrogens is 460 g/mol. The van der Waals surface area contributed by atoms with E-state index in [-0.39, 0.29) is 23.9 Å². The normalized spacial score (nSPS) is 15.2. The largest absolute Gasteiger partial charge is 0.369 e. The highest BCUT2D eigenvalue weighted by Crippen LogP contribution is 2.31. The van der Waals surface area contributed by atoms with Gasteiger partial charge in [-0.1, -0.05) is 37.4 Å². The lowest BCUT2D eigenvalue weighted by atomic mass is 10.2. The zero-order chi connectivity index (χ0) is 23.5. The summed E-state index contributed by atoms with van der Waals surface area (Å²) < 4.78 is 3.42. The molecule has 0 radical (unpaired) electrons. The Morgan fingerprint density at radius 3 is 2.91 bits per heavy atom. The Labute approximate surface area is 200 Å². The molecule has 1 aliphatic rings. The van der Waals surface area contributed by atoms with Gasteiger partial charge in [0.25, 0.3) is 5.56 Å². The quantitative estimate of drug-likeness (QED) is 0.345. The molecule has 12 heteroatoms. The number of aromatic nitrogens is 6. The van der Waals surface area contributed by atoms with Crippen LogP contribution in [0.1, 0.15) is 32.0 Å². The van der Waals surface area contributed by atoms with Gasteiger partial charge in [0.15, 0.2) is 16.0 Å². The van der Waals surface area contributed by atoms with Gasteiger partial charge in [-0.05, 0) is 19.1 Å². The van der Waals surface area contributed by atoms with E-state index in [4.69, 9.17) is 0 Å². The SMILES string of the molecule is CSc1nc(NCC(C)C)c2cnn(CCNC(=O)CC3CSc4nc(C)cc(=O)n43)c2n1. The fourth-order valence-electron chi connectivity index (χ4n) is 3.63. The van der Waals surface area contributed by atoms with Crippen LogP contribution in [0.25, 0.3) is 11.0 Å². The molecule has 0 aliphatic carbocycles. The number of hydrogen-bond acceptors (Lipinski definition) is 9. The van der Waals surface area contributed by atoms with Crippen LogP contribution in [-0.4, -0.2) is 60.3 Å². The van der Waals surface area contributed by atoms with E-state index in [1.165, 1.54) is 29.6 Å². The van der Waals surface area contributed by atoms with E-state index in [0.29, 0.717) is 40.8 Å². The number of anilines is 1. The van der Waals surface area contributed by atoms with Crippen LogP contribution in [0.2, 0.25) is 0 Å². The van der Waals surface area contributed by atoms with Gasteiger partial charge in [0.1, 0.15) is 5.82 Å². The minimum absolute atomic E-state index is 0.101. The van der Waals surface area contributed by atoms with Crippen molar-refractivity contribution in [2.75, 3.05) is 30.4 Å². The number of amides is 1. The molecule has 0 bridgehead atoms. The fourth-order valence-corrected chi connectivity index (χ4v) is 5.18.